The molecule has 1 unspecified atom stereocenters. The van der Waals surface area contributed by atoms with E-state index in [1.165, 1.54) is 5.57 Å². The molecule has 0 aromatic rings. The molecule has 0 aromatic carbocycles. The molecule has 4 heteroatoms. The Morgan fingerprint density at radius 1 is 1.50 bits per heavy atom. The van der Waals surface area contributed by atoms with Crippen LogP contribution in [0.1, 0.15) is 40.0 Å². The SMILES string of the molecule is CC=C1CC2CC[C@@]1(CS(N)(=O)=O)C2(C)C. The van der Waals surface area contributed by atoms with Crippen LogP contribution in [0.15, 0.2) is 11.6 Å². The second kappa shape index (κ2) is 3.33. The highest BCUT2D eigenvalue weighted by atomic mass is 32.2. The normalized spacial score (nSPS) is 39.5. The van der Waals surface area contributed by atoms with Crippen molar-refractivity contribution in [2.24, 2.45) is 21.9 Å². The highest BCUT2D eigenvalue weighted by Gasteiger charge is 2.62. The van der Waals surface area contributed by atoms with Gasteiger partial charge in [-0.15, -0.1) is 0 Å². The van der Waals surface area contributed by atoms with Crippen LogP contribution in [0.5, 0.6) is 0 Å². The molecular formula is C12H21NO2S. The van der Waals surface area contributed by atoms with Crippen molar-refractivity contribution < 1.29 is 8.42 Å². The summed E-state index contributed by atoms with van der Waals surface area (Å²) in [5.74, 6) is 0.740. The standard InChI is InChI=1S/C12H21NO2S/c1-4-9-7-10-5-6-12(9,11(10,2)3)8-16(13,14)15/h4,10H,5-8H2,1-3H3,(H2,13,14,15)/t10?,12-/m0/s1. The van der Waals surface area contributed by atoms with Crippen molar-refractivity contribution in [3.8, 4) is 0 Å². The molecule has 92 valence electrons. The summed E-state index contributed by atoms with van der Waals surface area (Å²) in [5.41, 5.74) is 1.18. The van der Waals surface area contributed by atoms with Crippen molar-refractivity contribution >= 4 is 10.0 Å². The van der Waals surface area contributed by atoms with E-state index in [4.69, 9.17) is 5.14 Å². The van der Waals surface area contributed by atoms with Gasteiger partial charge in [0.1, 0.15) is 0 Å². The Bertz CT molecular complexity index is 436. The summed E-state index contributed by atoms with van der Waals surface area (Å²) in [5, 5.41) is 5.28. The molecule has 3 nitrogen and oxygen atoms in total. The Kier molecular flexibility index (Phi) is 2.52. The molecule has 0 heterocycles. The Balaban J connectivity index is 2.49. The zero-order valence-corrected chi connectivity index (χ0v) is 11.1. The highest BCUT2D eigenvalue weighted by molar-refractivity contribution is 7.89. The first-order valence-corrected chi connectivity index (χ1v) is 7.60. The minimum Gasteiger partial charge on any atom is -0.229 e. The van der Waals surface area contributed by atoms with Crippen molar-refractivity contribution in [3.05, 3.63) is 11.6 Å². The van der Waals surface area contributed by atoms with Crippen LogP contribution >= 0.6 is 0 Å². The monoisotopic (exact) mass is 243 g/mol. The van der Waals surface area contributed by atoms with Gasteiger partial charge in [-0.05, 0) is 37.5 Å². The fraction of sp³-hybridized carbons (Fsp3) is 0.833. The van der Waals surface area contributed by atoms with Crippen LogP contribution < -0.4 is 5.14 Å². The smallest absolute Gasteiger partial charge is 0.209 e. The molecule has 0 saturated heterocycles. The second-order valence-electron chi connectivity index (χ2n) is 5.86. The zero-order chi connectivity index (χ0) is 12.2. The van der Waals surface area contributed by atoms with Gasteiger partial charge >= 0.3 is 0 Å². The van der Waals surface area contributed by atoms with E-state index in [0.29, 0.717) is 5.92 Å². The first-order valence-electron chi connectivity index (χ1n) is 5.89. The molecule has 0 aromatic heterocycles. The minimum absolute atomic E-state index is 0.0707. The maximum absolute atomic E-state index is 11.5. The van der Waals surface area contributed by atoms with E-state index in [1.54, 1.807) is 0 Å². The van der Waals surface area contributed by atoms with Gasteiger partial charge in [-0.3, -0.25) is 0 Å². The van der Waals surface area contributed by atoms with Crippen molar-refractivity contribution in [2.75, 3.05) is 5.75 Å². The van der Waals surface area contributed by atoms with Gasteiger partial charge in [0.25, 0.3) is 0 Å². The average molecular weight is 243 g/mol. The van der Waals surface area contributed by atoms with Gasteiger partial charge in [-0.25, -0.2) is 13.6 Å². The number of hydrogen-bond acceptors (Lipinski definition) is 2. The topological polar surface area (TPSA) is 60.2 Å². The van der Waals surface area contributed by atoms with Gasteiger partial charge < -0.3 is 0 Å². The largest absolute Gasteiger partial charge is 0.229 e. The minimum atomic E-state index is -3.41. The molecule has 2 N–H and O–H groups in total. The van der Waals surface area contributed by atoms with Gasteiger partial charge in [0.2, 0.25) is 10.0 Å². The van der Waals surface area contributed by atoms with E-state index in [0.717, 1.165) is 19.3 Å². The lowest BCUT2D eigenvalue weighted by molar-refractivity contribution is 0.181. The molecular weight excluding hydrogens is 222 g/mol. The maximum Gasteiger partial charge on any atom is 0.209 e. The maximum atomic E-state index is 11.5. The third-order valence-electron chi connectivity index (χ3n) is 5.05. The molecule has 2 saturated carbocycles. The van der Waals surface area contributed by atoms with E-state index < -0.39 is 10.0 Å². The number of primary sulfonamides is 1. The molecule has 0 aliphatic heterocycles. The Morgan fingerprint density at radius 2 is 2.12 bits per heavy atom. The molecule has 2 atom stereocenters. The molecule has 2 aliphatic carbocycles. The van der Waals surface area contributed by atoms with Crippen molar-refractivity contribution in [1.82, 2.24) is 0 Å². The predicted molar refractivity (Wildman–Crippen MR) is 65.3 cm³/mol. The number of hydrogen-bond donors (Lipinski definition) is 1. The van der Waals surface area contributed by atoms with Gasteiger partial charge in [0.05, 0.1) is 5.75 Å². The number of rotatable bonds is 2. The van der Waals surface area contributed by atoms with Crippen LogP contribution in [0.2, 0.25) is 0 Å². The Hall–Kier alpha value is -0.350. The van der Waals surface area contributed by atoms with Crippen LogP contribution in [0.25, 0.3) is 0 Å². The lowest BCUT2D eigenvalue weighted by Gasteiger charge is -2.38. The Morgan fingerprint density at radius 3 is 2.56 bits per heavy atom. The van der Waals surface area contributed by atoms with Crippen molar-refractivity contribution in [1.29, 1.82) is 0 Å². The van der Waals surface area contributed by atoms with E-state index in [-0.39, 0.29) is 16.6 Å². The zero-order valence-electron chi connectivity index (χ0n) is 10.3. The average Bonchev–Trinajstić information content (AvgIpc) is 2.47. The van der Waals surface area contributed by atoms with Crippen LogP contribution in [-0.2, 0) is 10.0 Å². The number of allylic oxidation sites excluding steroid dienone is 2. The number of fused-ring (bicyclic) bond motifs is 2. The summed E-state index contributed by atoms with van der Waals surface area (Å²) >= 11 is 0. The summed E-state index contributed by atoms with van der Waals surface area (Å²) < 4.78 is 22.9. The van der Waals surface area contributed by atoms with Gasteiger partial charge in [0, 0.05) is 5.41 Å². The van der Waals surface area contributed by atoms with Crippen LogP contribution in [0.4, 0.5) is 0 Å². The summed E-state index contributed by atoms with van der Waals surface area (Å²) in [6.45, 7) is 6.41. The van der Waals surface area contributed by atoms with Crippen molar-refractivity contribution in [3.63, 3.8) is 0 Å². The molecule has 2 rings (SSSR count). The van der Waals surface area contributed by atoms with Crippen LogP contribution in [-0.4, -0.2) is 14.2 Å². The summed E-state index contributed by atoms with van der Waals surface area (Å²) in [4.78, 5) is 0. The van der Waals surface area contributed by atoms with Gasteiger partial charge in [0.15, 0.2) is 0 Å². The van der Waals surface area contributed by atoms with E-state index in [2.05, 4.69) is 19.9 Å². The lowest BCUT2D eigenvalue weighted by Crippen LogP contribution is -2.40. The molecule has 2 bridgehead atoms. The van der Waals surface area contributed by atoms with Crippen molar-refractivity contribution in [2.45, 2.75) is 40.0 Å². The van der Waals surface area contributed by atoms with Gasteiger partial charge in [-0.1, -0.05) is 25.5 Å². The van der Waals surface area contributed by atoms with Gasteiger partial charge in [-0.2, -0.15) is 0 Å². The number of nitrogens with two attached hydrogens (primary N) is 1. The van der Waals surface area contributed by atoms with E-state index in [9.17, 15) is 8.42 Å². The van der Waals surface area contributed by atoms with Crippen LogP contribution in [0.3, 0.4) is 0 Å². The third-order valence-corrected chi connectivity index (χ3v) is 5.95. The lowest BCUT2D eigenvalue weighted by atomic mass is 9.69. The molecule has 16 heavy (non-hydrogen) atoms. The first kappa shape index (κ1) is 12.1. The van der Waals surface area contributed by atoms with E-state index in [1.807, 2.05) is 6.92 Å². The highest BCUT2D eigenvalue weighted by Crippen LogP contribution is 2.68. The second-order valence-corrected chi connectivity index (χ2v) is 7.48. The Labute approximate surface area is 98.2 Å². The van der Waals surface area contributed by atoms with E-state index >= 15 is 0 Å². The fourth-order valence-corrected chi connectivity index (χ4v) is 5.36. The molecule has 2 fully saturated rings. The molecule has 0 radical (unpaired) electrons. The fourth-order valence-electron chi connectivity index (χ4n) is 3.98. The molecule has 0 spiro atoms. The first-order chi connectivity index (χ1) is 7.23. The quantitative estimate of drug-likeness (QED) is 0.754. The number of sulfonamides is 1. The molecule has 2 aliphatic rings. The van der Waals surface area contributed by atoms with Crippen LogP contribution in [0, 0.1) is 16.7 Å². The summed E-state index contributed by atoms with van der Waals surface area (Å²) in [6, 6.07) is 0. The summed E-state index contributed by atoms with van der Waals surface area (Å²) in [6.07, 6.45) is 5.27. The summed E-state index contributed by atoms with van der Waals surface area (Å²) in [7, 11) is -3.41. The third kappa shape index (κ3) is 1.46. The molecule has 0 amide bonds. The predicted octanol–water partition coefficient (Wildman–Crippen LogP) is 2.05.